The van der Waals surface area contributed by atoms with Crippen LogP contribution in [-0.4, -0.2) is 49.4 Å². The number of fused-ring (bicyclic) bond motifs is 1. The molecule has 2 heterocycles. The normalized spacial score (nSPS) is 28.1. The fourth-order valence-corrected chi connectivity index (χ4v) is 4.61. The third-order valence-corrected chi connectivity index (χ3v) is 6.16. The van der Waals surface area contributed by atoms with Gasteiger partial charge in [-0.05, 0) is 25.3 Å². The monoisotopic (exact) mass is 359 g/mol. The van der Waals surface area contributed by atoms with Crippen LogP contribution < -0.4 is 4.74 Å². The maximum atomic E-state index is 13.4. The van der Waals surface area contributed by atoms with Gasteiger partial charge in [0.25, 0.3) is 0 Å². The van der Waals surface area contributed by atoms with E-state index in [0.717, 1.165) is 49.8 Å². The number of para-hydroxylation sites is 1. The second kappa shape index (κ2) is 7.57. The molecule has 5 nitrogen and oxygen atoms in total. The molecular weight excluding hydrogens is 330 g/mol. The van der Waals surface area contributed by atoms with Crippen LogP contribution in [0.2, 0.25) is 0 Å². The van der Waals surface area contributed by atoms with Crippen LogP contribution in [0.25, 0.3) is 0 Å². The van der Waals surface area contributed by atoms with Crippen molar-refractivity contribution >= 4 is 5.91 Å². The maximum Gasteiger partial charge on any atom is 0.226 e. The summed E-state index contributed by atoms with van der Waals surface area (Å²) in [4.78, 5) is 15.4. The molecule has 3 aliphatic rings. The van der Waals surface area contributed by atoms with Gasteiger partial charge < -0.3 is 19.1 Å². The van der Waals surface area contributed by atoms with Gasteiger partial charge in [-0.15, -0.1) is 0 Å². The number of carbonyl (C=O) groups is 1. The van der Waals surface area contributed by atoms with E-state index in [0.29, 0.717) is 26.3 Å². The van der Waals surface area contributed by atoms with E-state index in [-0.39, 0.29) is 23.5 Å². The van der Waals surface area contributed by atoms with Gasteiger partial charge in [-0.3, -0.25) is 4.79 Å². The second-order valence-corrected chi connectivity index (χ2v) is 7.92. The topological polar surface area (TPSA) is 48.0 Å². The predicted octanol–water partition coefficient (Wildman–Crippen LogP) is 3.16. The lowest BCUT2D eigenvalue weighted by atomic mass is 9.85. The number of carbonyl (C=O) groups excluding carboxylic acids is 1. The number of hydrogen-bond donors (Lipinski definition) is 0. The molecule has 1 saturated carbocycles. The Kier molecular flexibility index (Phi) is 5.18. The van der Waals surface area contributed by atoms with Crippen LogP contribution in [0.3, 0.4) is 0 Å². The lowest BCUT2D eigenvalue weighted by Gasteiger charge is -2.40. The van der Waals surface area contributed by atoms with Crippen molar-refractivity contribution in [3.8, 4) is 5.75 Å². The fourth-order valence-electron chi connectivity index (χ4n) is 4.61. The molecule has 5 heteroatoms. The highest BCUT2D eigenvalue weighted by molar-refractivity contribution is 5.79. The third kappa shape index (κ3) is 3.60. The minimum atomic E-state index is -0.324. The van der Waals surface area contributed by atoms with E-state index in [1.807, 2.05) is 23.1 Å². The van der Waals surface area contributed by atoms with Crippen LogP contribution in [0.5, 0.6) is 5.75 Å². The molecular formula is C21H29NO4. The number of benzene rings is 1. The predicted molar refractivity (Wildman–Crippen MR) is 98.0 cm³/mol. The number of ether oxygens (including phenoxy) is 3. The molecule has 0 unspecified atom stereocenters. The van der Waals surface area contributed by atoms with Crippen molar-refractivity contribution in [2.24, 2.45) is 5.92 Å². The molecule has 1 saturated heterocycles. The molecule has 2 fully saturated rings. The minimum absolute atomic E-state index is 0.0656. The van der Waals surface area contributed by atoms with Gasteiger partial charge >= 0.3 is 0 Å². The highest BCUT2D eigenvalue weighted by atomic mass is 16.5. The zero-order chi connectivity index (χ0) is 18.0. The average molecular weight is 359 g/mol. The Labute approximate surface area is 155 Å². The first-order valence-electron chi connectivity index (χ1n) is 9.85. The summed E-state index contributed by atoms with van der Waals surface area (Å²) in [6, 6.07) is 8.14. The van der Waals surface area contributed by atoms with E-state index in [2.05, 4.69) is 6.07 Å². The van der Waals surface area contributed by atoms with Crippen molar-refractivity contribution in [2.45, 2.75) is 56.8 Å². The van der Waals surface area contributed by atoms with Crippen molar-refractivity contribution in [3.05, 3.63) is 29.8 Å². The van der Waals surface area contributed by atoms with Crippen LogP contribution in [-0.2, 0) is 20.8 Å². The molecule has 1 aliphatic carbocycles. The van der Waals surface area contributed by atoms with E-state index >= 15 is 0 Å². The van der Waals surface area contributed by atoms with Crippen molar-refractivity contribution in [3.63, 3.8) is 0 Å². The molecule has 2 aliphatic heterocycles. The van der Waals surface area contributed by atoms with Crippen LogP contribution in [0.15, 0.2) is 24.3 Å². The summed E-state index contributed by atoms with van der Waals surface area (Å²) in [5.74, 6) is 1.25. The number of methoxy groups -OCH3 is 1. The summed E-state index contributed by atoms with van der Waals surface area (Å²) in [7, 11) is 1.75. The SMILES string of the molecule is CO[C@@H]1CCC[C@H](C(=O)N2Cc3ccccc3OC3(CCOCC3)C2)C1. The Bertz CT molecular complexity index is 641. The Morgan fingerprint density at radius 1 is 1.23 bits per heavy atom. The largest absolute Gasteiger partial charge is 0.485 e. The second-order valence-electron chi connectivity index (χ2n) is 7.92. The van der Waals surface area contributed by atoms with Gasteiger partial charge in [0.15, 0.2) is 0 Å². The average Bonchev–Trinajstić information content (AvgIpc) is 2.84. The Morgan fingerprint density at radius 3 is 2.85 bits per heavy atom. The van der Waals surface area contributed by atoms with Gasteiger partial charge in [-0.25, -0.2) is 0 Å². The molecule has 0 N–H and O–H groups in total. The molecule has 1 amide bonds. The summed E-state index contributed by atoms with van der Waals surface area (Å²) >= 11 is 0. The fraction of sp³-hybridized carbons (Fsp3) is 0.667. The third-order valence-electron chi connectivity index (χ3n) is 6.16. The first kappa shape index (κ1) is 17.8. The van der Waals surface area contributed by atoms with Gasteiger partial charge in [0.1, 0.15) is 11.4 Å². The highest BCUT2D eigenvalue weighted by Crippen LogP contribution is 2.36. The lowest BCUT2D eigenvalue weighted by molar-refractivity contribution is -0.143. The molecule has 142 valence electrons. The molecule has 26 heavy (non-hydrogen) atoms. The summed E-state index contributed by atoms with van der Waals surface area (Å²) in [5, 5.41) is 0. The van der Waals surface area contributed by atoms with Crippen molar-refractivity contribution in [2.75, 3.05) is 26.9 Å². The van der Waals surface area contributed by atoms with Crippen LogP contribution in [0.1, 0.15) is 44.1 Å². The van der Waals surface area contributed by atoms with Gasteiger partial charge in [-0.2, -0.15) is 0 Å². The van der Waals surface area contributed by atoms with Crippen molar-refractivity contribution < 1.29 is 19.0 Å². The highest BCUT2D eigenvalue weighted by Gasteiger charge is 2.42. The molecule has 0 radical (unpaired) electrons. The van der Waals surface area contributed by atoms with E-state index in [9.17, 15) is 4.79 Å². The smallest absolute Gasteiger partial charge is 0.226 e. The first-order chi connectivity index (χ1) is 12.7. The molecule has 4 rings (SSSR count). The minimum Gasteiger partial charge on any atom is -0.485 e. The molecule has 1 spiro atoms. The first-order valence-corrected chi connectivity index (χ1v) is 9.85. The standard InChI is InChI=1S/C21H29NO4/c1-24-18-7-4-6-16(13-18)20(23)22-14-17-5-2-3-8-19(17)26-21(15-22)9-11-25-12-10-21/h2-3,5,8,16,18H,4,6-7,9-15H2,1H3/t16-,18+/m0/s1. The van der Waals surface area contributed by atoms with Crippen molar-refractivity contribution in [1.29, 1.82) is 0 Å². The summed E-state index contributed by atoms with van der Waals surface area (Å²) in [6.45, 7) is 2.67. The van der Waals surface area contributed by atoms with Crippen LogP contribution in [0, 0.1) is 5.92 Å². The van der Waals surface area contributed by atoms with E-state index in [4.69, 9.17) is 14.2 Å². The lowest BCUT2D eigenvalue weighted by Crippen LogP contribution is -2.52. The maximum absolute atomic E-state index is 13.4. The van der Waals surface area contributed by atoms with Crippen molar-refractivity contribution in [1.82, 2.24) is 4.90 Å². The number of amides is 1. The van der Waals surface area contributed by atoms with E-state index < -0.39 is 0 Å². The van der Waals surface area contributed by atoms with Gasteiger partial charge in [0.05, 0.1) is 25.9 Å². The molecule has 0 aromatic heterocycles. The Balaban J connectivity index is 1.59. The van der Waals surface area contributed by atoms with Gasteiger partial charge in [0.2, 0.25) is 5.91 Å². The molecule has 1 aromatic carbocycles. The van der Waals surface area contributed by atoms with Gasteiger partial charge in [-0.1, -0.05) is 24.6 Å². The van der Waals surface area contributed by atoms with E-state index in [1.54, 1.807) is 7.11 Å². The zero-order valence-electron chi connectivity index (χ0n) is 15.6. The van der Waals surface area contributed by atoms with Crippen LogP contribution >= 0.6 is 0 Å². The van der Waals surface area contributed by atoms with Gasteiger partial charge in [0, 0.05) is 38.0 Å². The quantitative estimate of drug-likeness (QED) is 0.814. The molecule has 0 bridgehead atoms. The summed E-state index contributed by atoms with van der Waals surface area (Å²) in [6.07, 6.45) is 5.80. The Morgan fingerprint density at radius 2 is 2.04 bits per heavy atom. The number of nitrogens with zero attached hydrogens (tertiary/aromatic N) is 1. The van der Waals surface area contributed by atoms with Crippen LogP contribution in [0.4, 0.5) is 0 Å². The van der Waals surface area contributed by atoms with E-state index in [1.165, 1.54) is 0 Å². The molecule has 2 atom stereocenters. The number of hydrogen-bond acceptors (Lipinski definition) is 4. The Hall–Kier alpha value is -1.59. The summed E-state index contributed by atoms with van der Waals surface area (Å²) in [5.41, 5.74) is 0.777. The zero-order valence-corrected chi connectivity index (χ0v) is 15.6. The number of rotatable bonds is 2. The summed E-state index contributed by atoms with van der Waals surface area (Å²) < 4.78 is 17.6. The molecule has 1 aromatic rings.